The summed E-state index contributed by atoms with van der Waals surface area (Å²) < 4.78 is 0. The Kier molecular flexibility index (Phi) is 5.20. The van der Waals surface area contributed by atoms with E-state index in [0.29, 0.717) is 0 Å². The second-order valence-corrected chi connectivity index (χ2v) is 8.14. The van der Waals surface area contributed by atoms with Gasteiger partial charge in [-0.1, -0.05) is 73.8 Å². The Morgan fingerprint density at radius 1 is 0.643 bits per heavy atom. The van der Waals surface area contributed by atoms with Crippen LogP contribution in [0.5, 0.6) is 0 Å². The quantitative estimate of drug-likeness (QED) is 0.305. The number of ketones is 1. The Labute approximate surface area is 172 Å². The molecular formula is C25H18OS2. The predicted molar refractivity (Wildman–Crippen MR) is 123 cm³/mol. The van der Waals surface area contributed by atoms with Gasteiger partial charge in [0.25, 0.3) is 0 Å². The van der Waals surface area contributed by atoms with Gasteiger partial charge in [0, 0.05) is 11.1 Å². The van der Waals surface area contributed by atoms with E-state index in [1.165, 1.54) is 22.7 Å². The van der Waals surface area contributed by atoms with Gasteiger partial charge in [-0.05, 0) is 45.1 Å². The van der Waals surface area contributed by atoms with Crippen LogP contribution in [0.2, 0.25) is 0 Å². The molecule has 0 aliphatic carbocycles. The molecule has 0 radical (unpaired) electrons. The first-order chi connectivity index (χ1) is 13.7. The van der Waals surface area contributed by atoms with Gasteiger partial charge >= 0.3 is 0 Å². The van der Waals surface area contributed by atoms with Crippen LogP contribution in [0.3, 0.4) is 0 Å². The molecule has 0 amide bonds. The monoisotopic (exact) mass is 398 g/mol. The molecule has 2 heterocycles. The number of carbonyl (C=O) groups is 1. The van der Waals surface area contributed by atoms with Crippen LogP contribution in [0.15, 0.2) is 84.6 Å². The zero-order valence-corrected chi connectivity index (χ0v) is 16.9. The summed E-state index contributed by atoms with van der Waals surface area (Å²) in [5.41, 5.74) is 6.18. The van der Waals surface area contributed by atoms with E-state index in [0.717, 1.165) is 43.1 Å². The van der Waals surface area contributed by atoms with Crippen LogP contribution >= 0.6 is 22.7 Å². The van der Waals surface area contributed by atoms with Gasteiger partial charge in [0.05, 0.1) is 9.75 Å². The third kappa shape index (κ3) is 3.42. The van der Waals surface area contributed by atoms with Crippen molar-refractivity contribution in [2.24, 2.45) is 0 Å². The number of hydrogen-bond acceptors (Lipinski definition) is 3. The van der Waals surface area contributed by atoms with E-state index in [2.05, 4.69) is 13.2 Å². The Hall–Kier alpha value is -3.01. The normalized spacial score (nSPS) is 10.6. The molecule has 4 rings (SSSR count). The van der Waals surface area contributed by atoms with Gasteiger partial charge in [-0.3, -0.25) is 4.79 Å². The van der Waals surface area contributed by atoms with E-state index in [1.807, 2.05) is 83.6 Å². The maximum atomic E-state index is 13.4. The lowest BCUT2D eigenvalue weighted by Gasteiger charge is -2.06. The van der Waals surface area contributed by atoms with Gasteiger partial charge in [0.15, 0.2) is 0 Å². The fourth-order valence-corrected chi connectivity index (χ4v) is 4.91. The average molecular weight is 399 g/mol. The highest BCUT2D eigenvalue weighted by atomic mass is 32.1. The number of carbonyl (C=O) groups excluding carboxylic acids is 1. The molecule has 2 aromatic heterocycles. The Bertz CT molecular complexity index is 1050. The van der Waals surface area contributed by atoms with Gasteiger partial charge < -0.3 is 0 Å². The number of rotatable bonds is 6. The van der Waals surface area contributed by atoms with Crippen molar-refractivity contribution in [2.75, 3.05) is 0 Å². The minimum Gasteiger partial charge on any atom is -0.287 e. The molecule has 0 N–H and O–H groups in total. The van der Waals surface area contributed by atoms with Crippen molar-refractivity contribution in [1.82, 2.24) is 0 Å². The van der Waals surface area contributed by atoms with Crippen molar-refractivity contribution in [2.45, 2.75) is 0 Å². The minimum absolute atomic E-state index is 0.0793. The largest absolute Gasteiger partial charge is 0.287 e. The van der Waals surface area contributed by atoms with Gasteiger partial charge in [-0.25, -0.2) is 0 Å². The smallest absolute Gasteiger partial charge is 0.214 e. The second-order valence-electron chi connectivity index (χ2n) is 6.31. The van der Waals surface area contributed by atoms with Gasteiger partial charge in [-0.2, -0.15) is 0 Å². The molecule has 0 atom stereocenters. The third-order valence-corrected chi connectivity index (χ3v) is 6.48. The fourth-order valence-electron chi connectivity index (χ4n) is 3.13. The van der Waals surface area contributed by atoms with Crippen LogP contribution in [0, 0.1) is 0 Å². The molecule has 0 aliphatic heterocycles. The topological polar surface area (TPSA) is 17.1 Å². The van der Waals surface area contributed by atoms with E-state index >= 15 is 0 Å². The maximum absolute atomic E-state index is 13.4. The van der Waals surface area contributed by atoms with Crippen molar-refractivity contribution in [1.29, 1.82) is 0 Å². The van der Waals surface area contributed by atoms with E-state index in [9.17, 15) is 4.79 Å². The first-order valence-corrected chi connectivity index (χ1v) is 10.6. The summed E-state index contributed by atoms with van der Waals surface area (Å²) in [5.74, 6) is 0.0793. The molecule has 0 saturated carbocycles. The van der Waals surface area contributed by atoms with Gasteiger partial charge in [0.2, 0.25) is 5.78 Å². The van der Waals surface area contributed by atoms with E-state index in [-0.39, 0.29) is 5.78 Å². The van der Waals surface area contributed by atoms with Crippen LogP contribution < -0.4 is 0 Å². The van der Waals surface area contributed by atoms with E-state index < -0.39 is 0 Å². The third-order valence-electron chi connectivity index (χ3n) is 4.66. The molecule has 28 heavy (non-hydrogen) atoms. The Morgan fingerprint density at radius 2 is 1.04 bits per heavy atom. The molecule has 136 valence electrons. The lowest BCUT2D eigenvalue weighted by atomic mass is 9.99. The van der Waals surface area contributed by atoms with Crippen LogP contribution in [-0.2, 0) is 0 Å². The van der Waals surface area contributed by atoms with Crippen molar-refractivity contribution in [3.63, 3.8) is 0 Å². The minimum atomic E-state index is 0.0793. The lowest BCUT2D eigenvalue weighted by Crippen LogP contribution is -1.99. The van der Waals surface area contributed by atoms with Crippen molar-refractivity contribution >= 4 is 40.6 Å². The fraction of sp³-hybridized carbons (Fsp3) is 0. The maximum Gasteiger partial charge on any atom is 0.214 e. The summed E-state index contributed by atoms with van der Waals surface area (Å²) >= 11 is 2.99. The average Bonchev–Trinajstić information content (AvgIpc) is 3.43. The number of thiophene rings is 2. The van der Waals surface area contributed by atoms with Crippen LogP contribution in [0.4, 0.5) is 0 Å². The molecule has 0 unspecified atom stereocenters. The zero-order valence-electron chi connectivity index (χ0n) is 15.2. The molecule has 0 fully saturated rings. The molecule has 0 aliphatic rings. The van der Waals surface area contributed by atoms with Gasteiger partial charge in [-0.15, -0.1) is 22.7 Å². The predicted octanol–water partition coefficient (Wildman–Crippen LogP) is 7.66. The standard InChI is InChI=1S/C25H18OS2/c1-3-17-5-9-19(10-6-17)21-13-15-27-24(21)23(26)25-22(14-16-28-25)20-11-7-18(4-2)8-12-20/h3-16H,1-2H2. The summed E-state index contributed by atoms with van der Waals surface area (Å²) in [5, 5.41) is 3.96. The molecular weight excluding hydrogens is 380 g/mol. The second kappa shape index (κ2) is 7.93. The van der Waals surface area contributed by atoms with Crippen LogP contribution in [-0.4, -0.2) is 5.78 Å². The SMILES string of the molecule is C=Cc1ccc(-c2ccsc2C(=O)c2sccc2-c2ccc(C=C)cc2)cc1. The van der Waals surface area contributed by atoms with Crippen LogP contribution in [0.25, 0.3) is 34.4 Å². The van der Waals surface area contributed by atoms with Crippen LogP contribution in [0.1, 0.15) is 25.7 Å². The van der Waals surface area contributed by atoms with Crippen molar-refractivity contribution < 1.29 is 4.79 Å². The Morgan fingerprint density at radius 3 is 1.39 bits per heavy atom. The number of hydrogen-bond donors (Lipinski definition) is 0. The highest BCUT2D eigenvalue weighted by Gasteiger charge is 2.21. The zero-order chi connectivity index (χ0) is 19.5. The van der Waals surface area contributed by atoms with Crippen molar-refractivity contribution in [3.8, 4) is 22.3 Å². The summed E-state index contributed by atoms with van der Waals surface area (Å²) in [7, 11) is 0. The summed E-state index contributed by atoms with van der Waals surface area (Å²) in [6, 6.07) is 20.3. The molecule has 4 aromatic rings. The molecule has 2 aromatic carbocycles. The molecule has 0 spiro atoms. The first-order valence-electron chi connectivity index (χ1n) is 8.86. The molecule has 0 bridgehead atoms. The number of benzene rings is 2. The van der Waals surface area contributed by atoms with E-state index in [4.69, 9.17) is 0 Å². The lowest BCUT2D eigenvalue weighted by molar-refractivity contribution is 0.104. The Balaban J connectivity index is 1.72. The molecule has 0 saturated heterocycles. The van der Waals surface area contributed by atoms with E-state index in [1.54, 1.807) is 0 Å². The summed E-state index contributed by atoms with van der Waals surface area (Å²) in [6.45, 7) is 7.59. The van der Waals surface area contributed by atoms with Gasteiger partial charge in [0.1, 0.15) is 0 Å². The first kappa shape index (κ1) is 18.4. The summed E-state index contributed by atoms with van der Waals surface area (Å²) in [6.07, 6.45) is 3.64. The summed E-state index contributed by atoms with van der Waals surface area (Å²) in [4.78, 5) is 14.9. The highest BCUT2D eigenvalue weighted by molar-refractivity contribution is 7.16. The molecule has 3 heteroatoms. The molecule has 1 nitrogen and oxygen atoms in total. The highest BCUT2D eigenvalue weighted by Crippen LogP contribution is 2.35. The van der Waals surface area contributed by atoms with Crippen molar-refractivity contribution in [3.05, 3.63) is 105 Å².